The average Bonchev–Trinajstić information content (AvgIpc) is 2.94. The Kier molecular flexibility index (Phi) is 2.67. The molecule has 17 heavy (non-hydrogen) atoms. The highest BCUT2D eigenvalue weighted by molar-refractivity contribution is 7.16. The van der Waals surface area contributed by atoms with Gasteiger partial charge in [-0.25, -0.2) is 0 Å². The summed E-state index contributed by atoms with van der Waals surface area (Å²) in [7, 11) is 0. The van der Waals surface area contributed by atoms with Crippen LogP contribution in [0.25, 0.3) is 11.0 Å². The number of hydrogen-bond acceptors (Lipinski definition) is 3. The molecular weight excluding hydrogens is 254 g/mol. The number of rotatable bonds is 2. The van der Waals surface area contributed by atoms with Crippen molar-refractivity contribution < 1.29 is 4.42 Å². The van der Waals surface area contributed by atoms with Crippen LogP contribution in [0.4, 0.5) is 0 Å². The largest absolute Gasteiger partial charge is 0.464 e. The van der Waals surface area contributed by atoms with E-state index in [2.05, 4.69) is 0 Å². The first-order valence-corrected chi connectivity index (χ1v) is 6.42. The van der Waals surface area contributed by atoms with E-state index >= 15 is 0 Å². The van der Waals surface area contributed by atoms with Crippen LogP contribution in [0.3, 0.4) is 0 Å². The van der Waals surface area contributed by atoms with Gasteiger partial charge in [0.15, 0.2) is 0 Å². The van der Waals surface area contributed by atoms with Crippen LogP contribution in [0.5, 0.6) is 0 Å². The molecule has 0 radical (unpaired) electrons. The lowest BCUT2D eigenvalue weighted by Gasteiger charge is -2.06. The molecule has 0 aliphatic heterocycles. The summed E-state index contributed by atoms with van der Waals surface area (Å²) in [5.74, 6) is 0. The molecule has 86 valence electrons. The molecule has 3 rings (SSSR count). The summed E-state index contributed by atoms with van der Waals surface area (Å²) in [5, 5.41) is 1.06. The number of halogens is 1. The van der Waals surface area contributed by atoms with Crippen molar-refractivity contribution in [3.63, 3.8) is 0 Å². The van der Waals surface area contributed by atoms with Crippen molar-refractivity contribution in [2.24, 2.45) is 5.73 Å². The minimum atomic E-state index is -0.184. The van der Waals surface area contributed by atoms with Crippen LogP contribution < -0.4 is 5.73 Å². The summed E-state index contributed by atoms with van der Waals surface area (Å²) in [5.41, 5.74) is 8.09. The monoisotopic (exact) mass is 263 g/mol. The molecule has 0 saturated heterocycles. The molecule has 0 bridgehead atoms. The highest BCUT2D eigenvalue weighted by Gasteiger charge is 2.16. The predicted molar refractivity (Wildman–Crippen MR) is 71.6 cm³/mol. The SMILES string of the molecule is NC(c1ccc(Cl)s1)c1coc2ccccc12. The van der Waals surface area contributed by atoms with E-state index in [1.54, 1.807) is 6.26 Å². The zero-order valence-corrected chi connectivity index (χ0v) is 10.5. The smallest absolute Gasteiger partial charge is 0.134 e. The van der Waals surface area contributed by atoms with Gasteiger partial charge in [-0.3, -0.25) is 0 Å². The van der Waals surface area contributed by atoms with Gasteiger partial charge >= 0.3 is 0 Å². The fourth-order valence-corrected chi connectivity index (χ4v) is 2.97. The lowest BCUT2D eigenvalue weighted by Crippen LogP contribution is -2.09. The van der Waals surface area contributed by atoms with E-state index in [9.17, 15) is 0 Å². The molecule has 1 aromatic carbocycles. The normalized spacial score (nSPS) is 13.1. The Labute approximate surface area is 108 Å². The second-order valence-corrected chi connectivity index (χ2v) is 5.55. The van der Waals surface area contributed by atoms with Crippen LogP contribution in [0.1, 0.15) is 16.5 Å². The maximum absolute atomic E-state index is 6.23. The fraction of sp³-hybridized carbons (Fsp3) is 0.0769. The molecule has 0 amide bonds. The van der Waals surface area contributed by atoms with Crippen LogP contribution in [-0.2, 0) is 0 Å². The summed E-state index contributed by atoms with van der Waals surface area (Å²) in [6, 6.07) is 11.5. The van der Waals surface area contributed by atoms with Gasteiger partial charge in [-0.15, -0.1) is 11.3 Å². The zero-order valence-electron chi connectivity index (χ0n) is 8.89. The van der Waals surface area contributed by atoms with Gasteiger partial charge in [0.2, 0.25) is 0 Å². The van der Waals surface area contributed by atoms with Crippen LogP contribution in [0.2, 0.25) is 4.34 Å². The Balaban J connectivity index is 2.09. The second-order valence-electron chi connectivity index (χ2n) is 3.81. The number of furan rings is 1. The van der Waals surface area contributed by atoms with Crippen molar-refractivity contribution in [1.29, 1.82) is 0 Å². The first-order valence-electron chi connectivity index (χ1n) is 5.22. The van der Waals surface area contributed by atoms with Crippen molar-refractivity contribution in [3.8, 4) is 0 Å². The van der Waals surface area contributed by atoms with Crippen molar-refractivity contribution in [2.45, 2.75) is 6.04 Å². The van der Waals surface area contributed by atoms with E-state index in [0.29, 0.717) is 0 Å². The van der Waals surface area contributed by atoms with Crippen LogP contribution in [-0.4, -0.2) is 0 Å². The van der Waals surface area contributed by atoms with Gasteiger partial charge in [-0.05, 0) is 18.2 Å². The summed E-state index contributed by atoms with van der Waals surface area (Å²) in [6.45, 7) is 0. The lowest BCUT2D eigenvalue weighted by atomic mass is 10.1. The second kappa shape index (κ2) is 4.18. The van der Waals surface area contributed by atoms with E-state index < -0.39 is 0 Å². The van der Waals surface area contributed by atoms with Gasteiger partial charge in [-0.2, -0.15) is 0 Å². The number of thiophene rings is 1. The van der Waals surface area contributed by atoms with Crippen molar-refractivity contribution in [3.05, 3.63) is 57.4 Å². The first kappa shape index (κ1) is 10.8. The molecule has 2 N–H and O–H groups in total. The number of benzene rings is 1. The maximum atomic E-state index is 6.23. The number of hydrogen-bond donors (Lipinski definition) is 1. The molecule has 0 spiro atoms. The zero-order chi connectivity index (χ0) is 11.8. The van der Waals surface area contributed by atoms with E-state index in [1.807, 2.05) is 36.4 Å². The predicted octanol–water partition coefficient (Wildman–Crippen LogP) is 4.20. The molecular formula is C13H10ClNOS. The van der Waals surface area contributed by atoms with Crippen LogP contribution >= 0.6 is 22.9 Å². The molecule has 1 atom stereocenters. The third kappa shape index (κ3) is 1.86. The van der Waals surface area contributed by atoms with Crippen LogP contribution in [0.15, 0.2) is 47.1 Å². The lowest BCUT2D eigenvalue weighted by molar-refractivity contribution is 0.607. The van der Waals surface area contributed by atoms with Gasteiger partial charge in [0.25, 0.3) is 0 Å². The Morgan fingerprint density at radius 1 is 1.18 bits per heavy atom. The first-order chi connectivity index (χ1) is 8.25. The van der Waals surface area contributed by atoms with Crippen molar-refractivity contribution >= 4 is 33.9 Å². The molecule has 3 aromatic rings. The van der Waals surface area contributed by atoms with Gasteiger partial charge in [0, 0.05) is 15.8 Å². The Bertz CT molecular complexity index is 658. The quantitative estimate of drug-likeness (QED) is 0.753. The maximum Gasteiger partial charge on any atom is 0.134 e. The topological polar surface area (TPSA) is 39.2 Å². The minimum Gasteiger partial charge on any atom is -0.464 e. The molecule has 2 aromatic heterocycles. The van der Waals surface area contributed by atoms with E-state index in [1.165, 1.54) is 11.3 Å². The third-order valence-electron chi connectivity index (χ3n) is 2.75. The van der Waals surface area contributed by atoms with Gasteiger partial charge in [0.1, 0.15) is 5.58 Å². The molecule has 2 nitrogen and oxygen atoms in total. The Morgan fingerprint density at radius 3 is 2.76 bits per heavy atom. The molecule has 1 unspecified atom stereocenters. The molecule has 0 saturated carbocycles. The molecule has 0 aliphatic rings. The fourth-order valence-electron chi connectivity index (χ4n) is 1.89. The highest BCUT2D eigenvalue weighted by atomic mass is 35.5. The highest BCUT2D eigenvalue weighted by Crippen LogP contribution is 2.33. The standard InChI is InChI=1S/C13H10ClNOS/c14-12-6-5-11(17-12)13(15)9-7-16-10-4-2-1-3-8(9)10/h1-7,13H,15H2. The van der Waals surface area contributed by atoms with E-state index in [4.69, 9.17) is 21.8 Å². The summed E-state index contributed by atoms with van der Waals surface area (Å²) < 4.78 is 6.24. The van der Waals surface area contributed by atoms with Crippen LogP contribution in [0, 0.1) is 0 Å². The Hall–Kier alpha value is -1.29. The van der Waals surface area contributed by atoms with E-state index in [0.717, 1.165) is 25.7 Å². The van der Waals surface area contributed by atoms with Gasteiger partial charge in [-0.1, -0.05) is 29.8 Å². The summed E-state index contributed by atoms with van der Waals surface area (Å²) >= 11 is 7.43. The minimum absolute atomic E-state index is 0.184. The summed E-state index contributed by atoms with van der Waals surface area (Å²) in [6.07, 6.45) is 1.73. The number of para-hydroxylation sites is 1. The third-order valence-corrected chi connectivity index (χ3v) is 4.06. The average molecular weight is 264 g/mol. The van der Waals surface area contributed by atoms with Crippen molar-refractivity contribution in [2.75, 3.05) is 0 Å². The number of fused-ring (bicyclic) bond motifs is 1. The molecule has 0 aliphatic carbocycles. The van der Waals surface area contributed by atoms with Gasteiger partial charge in [0.05, 0.1) is 16.6 Å². The van der Waals surface area contributed by atoms with Gasteiger partial charge < -0.3 is 10.2 Å². The van der Waals surface area contributed by atoms with E-state index in [-0.39, 0.29) is 6.04 Å². The summed E-state index contributed by atoms with van der Waals surface area (Å²) in [4.78, 5) is 1.04. The number of nitrogens with two attached hydrogens (primary N) is 1. The van der Waals surface area contributed by atoms with Crippen molar-refractivity contribution in [1.82, 2.24) is 0 Å². The molecule has 2 heterocycles. The Morgan fingerprint density at radius 2 is 2.00 bits per heavy atom. The molecule has 0 fully saturated rings. The molecule has 4 heteroatoms.